The van der Waals surface area contributed by atoms with E-state index in [0.717, 1.165) is 11.1 Å². The van der Waals surface area contributed by atoms with Crippen molar-refractivity contribution in [3.05, 3.63) is 64.7 Å². The molecule has 2 aromatic heterocycles. The summed E-state index contributed by atoms with van der Waals surface area (Å²) in [5.41, 5.74) is 2.19. The average molecular weight is 521 g/mol. The Morgan fingerprint density at radius 1 is 1.05 bits per heavy atom. The highest BCUT2D eigenvalue weighted by molar-refractivity contribution is 5.89. The summed E-state index contributed by atoms with van der Waals surface area (Å²) < 4.78 is 6.53. The summed E-state index contributed by atoms with van der Waals surface area (Å²) in [6, 6.07) is 12.4. The maximum Gasteiger partial charge on any atom is 0.327 e. The van der Waals surface area contributed by atoms with Crippen LogP contribution in [0, 0.1) is 0 Å². The Balaban J connectivity index is 1.25. The van der Waals surface area contributed by atoms with Gasteiger partial charge in [0.05, 0.1) is 12.6 Å². The van der Waals surface area contributed by atoms with Gasteiger partial charge in [-0.15, -0.1) is 0 Å². The summed E-state index contributed by atoms with van der Waals surface area (Å²) >= 11 is 0. The number of aromatic nitrogens is 3. The number of pyridine rings is 1. The third-order valence-corrected chi connectivity index (χ3v) is 7.58. The van der Waals surface area contributed by atoms with Crippen LogP contribution < -0.4 is 11.0 Å². The second-order valence-electron chi connectivity index (χ2n) is 9.87. The zero-order chi connectivity index (χ0) is 26.6. The minimum atomic E-state index is -0.735. The molecule has 2 aliphatic heterocycles. The maximum atomic E-state index is 13.4. The first-order valence-corrected chi connectivity index (χ1v) is 13.0. The number of fused-ring (bicyclic) bond motifs is 1. The van der Waals surface area contributed by atoms with Gasteiger partial charge in [-0.3, -0.25) is 19.1 Å². The lowest BCUT2D eigenvalue weighted by molar-refractivity contribution is -0.147. The van der Waals surface area contributed by atoms with E-state index in [2.05, 4.69) is 15.3 Å². The molecule has 1 aromatic carbocycles. The molecule has 5 rings (SSSR count). The van der Waals surface area contributed by atoms with Crippen molar-refractivity contribution >= 4 is 29.1 Å². The van der Waals surface area contributed by atoms with Crippen LogP contribution in [0.15, 0.2) is 53.5 Å². The minimum absolute atomic E-state index is 0.0476. The number of urea groups is 1. The summed E-state index contributed by atoms with van der Waals surface area (Å²) in [4.78, 5) is 61.4. The number of nitrogens with one attached hydrogen (secondary N) is 2. The van der Waals surface area contributed by atoms with Gasteiger partial charge in [-0.05, 0) is 43.4 Å². The Morgan fingerprint density at radius 3 is 2.55 bits per heavy atom. The van der Waals surface area contributed by atoms with Gasteiger partial charge in [-0.2, -0.15) is 0 Å². The lowest BCUT2D eigenvalue weighted by Gasteiger charge is -2.33. The van der Waals surface area contributed by atoms with Crippen molar-refractivity contribution in [1.82, 2.24) is 29.7 Å². The molecule has 3 amide bonds. The first-order chi connectivity index (χ1) is 18.4. The van der Waals surface area contributed by atoms with E-state index in [1.165, 1.54) is 12.0 Å². The van der Waals surface area contributed by atoms with Crippen molar-refractivity contribution in [2.45, 2.75) is 43.7 Å². The molecule has 2 unspecified atom stereocenters. The van der Waals surface area contributed by atoms with Crippen LogP contribution in [0.3, 0.4) is 0 Å². The van der Waals surface area contributed by atoms with Gasteiger partial charge in [-0.1, -0.05) is 30.3 Å². The number of ether oxygens (including phenoxy) is 1. The van der Waals surface area contributed by atoms with Crippen LogP contribution in [0.1, 0.15) is 43.2 Å². The van der Waals surface area contributed by atoms with Gasteiger partial charge in [0, 0.05) is 37.8 Å². The number of methoxy groups -OCH3 is 1. The zero-order valence-electron chi connectivity index (χ0n) is 21.3. The fraction of sp³-hybridized carbons (Fsp3) is 0.444. The first-order valence-electron chi connectivity index (χ1n) is 13.0. The third-order valence-electron chi connectivity index (χ3n) is 7.58. The molecule has 2 saturated heterocycles. The normalized spacial score (nSPS) is 20.8. The molecule has 0 radical (unpaired) electrons. The number of esters is 1. The molecule has 2 N–H and O–H groups in total. The number of imidazole rings is 1. The van der Waals surface area contributed by atoms with E-state index in [0.29, 0.717) is 51.0 Å². The third kappa shape index (κ3) is 5.27. The van der Waals surface area contributed by atoms with Gasteiger partial charge in [0.1, 0.15) is 12.6 Å². The number of benzene rings is 1. The molecule has 2 aliphatic rings. The molecule has 0 saturated carbocycles. The number of hydrogen-bond acceptors (Lipinski definition) is 6. The summed E-state index contributed by atoms with van der Waals surface area (Å²) in [5.74, 6) is -0.733. The maximum absolute atomic E-state index is 13.4. The van der Waals surface area contributed by atoms with Crippen molar-refractivity contribution in [2.24, 2.45) is 0 Å². The van der Waals surface area contributed by atoms with Crippen LogP contribution in [0.25, 0.3) is 11.2 Å². The van der Waals surface area contributed by atoms with E-state index in [9.17, 15) is 19.2 Å². The van der Waals surface area contributed by atoms with Crippen molar-refractivity contribution in [1.29, 1.82) is 0 Å². The smallest absolute Gasteiger partial charge is 0.327 e. The van der Waals surface area contributed by atoms with E-state index < -0.39 is 12.0 Å². The number of rotatable bonds is 5. The second-order valence-corrected chi connectivity index (χ2v) is 9.87. The minimum Gasteiger partial charge on any atom is -0.468 e. The first kappa shape index (κ1) is 25.5. The standard InChI is InChI=1S/C27H32N6O5/c1-38-23(34)17-32-16-19(18-6-3-2-4-7-18)9-10-21(25(32)35)29-26(36)31-14-11-20(12-15-31)33-22-8-5-13-28-24(22)30-27(33)37/h2-8,13,19-21H,9-12,14-17H2,1H3,(H,29,36)(H,28,30,37). The highest BCUT2D eigenvalue weighted by Crippen LogP contribution is 2.28. The molecular weight excluding hydrogens is 488 g/mol. The number of nitrogens with zero attached hydrogens (tertiary/aromatic N) is 4. The van der Waals surface area contributed by atoms with Crippen molar-refractivity contribution < 1.29 is 19.1 Å². The largest absolute Gasteiger partial charge is 0.468 e. The van der Waals surface area contributed by atoms with Gasteiger partial charge < -0.3 is 19.9 Å². The monoisotopic (exact) mass is 520 g/mol. The lowest BCUT2D eigenvalue weighted by Crippen LogP contribution is -2.53. The van der Waals surface area contributed by atoms with Crippen LogP contribution >= 0.6 is 0 Å². The van der Waals surface area contributed by atoms with Crippen molar-refractivity contribution in [2.75, 3.05) is 33.3 Å². The number of amides is 3. The molecule has 4 heterocycles. The molecule has 11 heteroatoms. The van der Waals surface area contributed by atoms with Crippen LogP contribution in [-0.4, -0.2) is 81.6 Å². The van der Waals surface area contributed by atoms with E-state index in [4.69, 9.17) is 4.74 Å². The fourth-order valence-corrected chi connectivity index (χ4v) is 5.54. The number of hydrogen-bond donors (Lipinski definition) is 2. The van der Waals surface area contributed by atoms with Gasteiger partial charge >= 0.3 is 17.7 Å². The van der Waals surface area contributed by atoms with Crippen LogP contribution in [0.2, 0.25) is 0 Å². The number of carbonyl (C=O) groups is 3. The highest BCUT2D eigenvalue weighted by Gasteiger charge is 2.35. The molecule has 3 aromatic rings. The van der Waals surface area contributed by atoms with E-state index in [1.54, 1.807) is 21.7 Å². The van der Waals surface area contributed by atoms with Crippen LogP contribution in [-0.2, 0) is 14.3 Å². The molecule has 0 aliphatic carbocycles. The Labute approximate surface area is 219 Å². The quantitative estimate of drug-likeness (QED) is 0.495. The van der Waals surface area contributed by atoms with E-state index >= 15 is 0 Å². The molecule has 2 atom stereocenters. The molecule has 11 nitrogen and oxygen atoms in total. The fourth-order valence-electron chi connectivity index (χ4n) is 5.54. The Bertz CT molecular complexity index is 1360. The number of carbonyl (C=O) groups excluding carboxylic acids is 3. The molecular formula is C27H32N6O5. The average Bonchev–Trinajstić information content (AvgIpc) is 3.21. The second kappa shape index (κ2) is 11.1. The summed E-state index contributed by atoms with van der Waals surface area (Å²) in [5, 5.41) is 2.92. The molecule has 38 heavy (non-hydrogen) atoms. The Morgan fingerprint density at radius 2 is 1.82 bits per heavy atom. The topological polar surface area (TPSA) is 130 Å². The Kier molecular flexibility index (Phi) is 7.43. The number of likely N-dealkylation sites (tertiary alicyclic amines) is 2. The van der Waals surface area contributed by atoms with Crippen LogP contribution in [0.4, 0.5) is 4.79 Å². The summed E-state index contributed by atoms with van der Waals surface area (Å²) in [6.45, 7) is 1.12. The van der Waals surface area contributed by atoms with E-state index in [1.807, 2.05) is 36.4 Å². The van der Waals surface area contributed by atoms with Gasteiger partial charge in [0.25, 0.3) is 0 Å². The molecule has 0 spiro atoms. The van der Waals surface area contributed by atoms with E-state index in [-0.39, 0.29) is 36.1 Å². The van der Waals surface area contributed by atoms with Gasteiger partial charge in [0.2, 0.25) is 5.91 Å². The van der Waals surface area contributed by atoms with Crippen molar-refractivity contribution in [3.8, 4) is 0 Å². The Hall–Kier alpha value is -4.15. The number of H-pyrrole nitrogens is 1. The molecule has 200 valence electrons. The summed E-state index contributed by atoms with van der Waals surface area (Å²) in [7, 11) is 1.29. The summed E-state index contributed by atoms with van der Waals surface area (Å²) in [6.07, 6.45) is 4.02. The van der Waals surface area contributed by atoms with Gasteiger partial charge in [-0.25, -0.2) is 14.6 Å². The van der Waals surface area contributed by atoms with Gasteiger partial charge in [0.15, 0.2) is 5.65 Å². The molecule has 0 bridgehead atoms. The SMILES string of the molecule is COC(=O)CN1CC(c2ccccc2)CCC(NC(=O)N2CCC(n3c(=O)[nH]c4ncccc43)CC2)C1=O. The van der Waals surface area contributed by atoms with Crippen molar-refractivity contribution in [3.63, 3.8) is 0 Å². The predicted octanol–water partition coefficient (Wildman–Crippen LogP) is 2.02. The predicted molar refractivity (Wildman–Crippen MR) is 140 cm³/mol. The van der Waals surface area contributed by atoms with Crippen LogP contribution in [0.5, 0.6) is 0 Å². The number of aromatic amines is 1. The highest BCUT2D eigenvalue weighted by atomic mass is 16.5. The molecule has 2 fully saturated rings. The lowest BCUT2D eigenvalue weighted by atomic mass is 9.94. The number of piperidine rings is 1. The zero-order valence-corrected chi connectivity index (χ0v) is 21.3.